The first kappa shape index (κ1) is 13.5. The molecular weight excluding hydrogens is 256 g/mol. The second-order valence-corrected chi connectivity index (χ2v) is 4.94. The van der Waals surface area contributed by atoms with Gasteiger partial charge in [0.25, 0.3) is 0 Å². The highest BCUT2D eigenvalue weighted by Crippen LogP contribution is 2.24. The normalized spacial score (nSPS) is 10.0. The Kier molecular flexibility index (Phi) is 4.09. The van der Waals surface area contributed by atoms with Crippen molar-refractivity contribution < 1.29 is 0 Å². The Labute approximate surface area is 118 Å². The SMILES string of the molecule is Cc1cccc(C)c1CNc1cc(C#N)ccc1Cl. The van der Waals surface area contributed by atoms with Gasteiger partial charge in [-0.15, -0.1) is 0 Å². The molecule has 0 aliphatic carbocycles. The molecule has 0 aliphatic rings. The van der Waals surface area contributed by atoms with Crippen molar-refractivity contribution in [3.63, 3.8) is 0 Å². The minimum Gasteiger partial charge on any atom is -0.380 e. The number of nitrogens with one attached hydrogen (secondary N) is 1. The van der Waals surface area contributed by atoms with E-state index in [1.807, 2.05) is 0 Å². The lowest BCUT2D eigenvalue weighted by molar-refractivity contribution is 1.09. The second kappa shape index (κ2) is 5.77. The molecule has 0 saturated carbocycles. The molecule has 0 spiro atoms. The largest absolute Gasteiger partial charge is 0.380 e. The molecule has 0 aromatic heterocycles. The maximum Gasteiger partial charge on any atom is 0.0992 e. The van der Waals surface area contributed by atoms with Gasteiger partial charge in [-0.3, -0.25) is 0 Å². The average molecular weight is 271 g/mol. The smallest absolute Gasteiger partial charge is 0.0992 e. The van der Waals surface area contributed by atoms with Gasteiger partial charge >= 0.3 is 0 Å². The Morgan fingerprint density at radius 1 is 1.16 bits per heavy atom. The minimum atomic E-state index is 0.605. The summed E-state index contributed by atoms with van der Waals surface area (Å²) in [6, 6.07) is 13.6. The molecule has 96 valence electrons. The molecule has 2 aromatic rings. The van der Waals surface area contributed by atoms with Crippen LogP contribution in [0, 0.1) is 25.2 Å². The molecule has 0 fully saturated rings. The van der Waals surface area contributed by atoms with Gasteiger partial charge in [0.1, 0.15) is 0 Å². The molecule has 0 unspecified atom stereocenters. The van der Waals surface area contributed by atoms with Gasteiger partial charge in [-0.1, -0.05) is 29.8 Å². The number of hydrogen-bond donors (Lipinski definition) is 1. The van der Waals surface area contributed by atoms with Crippen molar-refractivity contribution >= 4 is 17.3 Å². The molecule has 19 heavy (non-hydrogen) atoms. The lowest BCUT2D eigenvalue weighted by Gasteiger charge is -2.13. The van der Waals surface area contributed by atoms with Crippen LogP contribution < -0.4 is 5.32 Å². The number of anilines is 1. The van der Waals surface area contributed by atoms with Crippen molar-refractivity contribution in [3.8, 4) is 6.07 Å². The van der Waals surface area contributed by atoms with Crippen molar-refractivity contribution in [1.82, 2.24) is 0 Å². The van der Waals surface area contributed by atoms with Gasteiger partial charge < -0.3 is 5.32 Å². The summed E-state index contributed by atoms with van der Waals surface area (Å²) in [6.45, 7) is 4.89. The highest BCUT2D eigenvalue weighted by molar-refractivity contribution is 6.33. The molecule has 0 radical (unpaired) electrons. The van der Waals surface area contributed by atoms with Gasteiger partial charge in [-0.05, 0) is 48.7 Å². The van der Waals surface area contributed by atoms with E-state index in [0.717, 1.165) is 5.69 Å². The van der Waals surface area contributed by atoms with E-state index in [1.54, 1.807) is 18.2 Å². The zero-order chi connectivity index (χ0) is 13.8. The van der Waals surface area contributed by atoms with Crippen LogP contribution in [-0.4, -0.2) is 0 Å². The topological polar surface area (TPSA) is 35.8 Å². The van der Waals surface area contributed by atoms with E-state index < -0.39 is 0 Å². The van der Waals surface area contributed by atoms with E-state index in [9.17, 15) is 0 Å². The number of aryl methyl sites for hydroxylation is 2. The molecule has 3 heteroatoms. The predicted molar refractivity (Wildman–Crippen MR) is 79.4 cm³/mol. The molecule has 2 rings (SSSR count). The Bertz CT molecular complexity index is 621. The first-order valence-corrected chi connectivity index (χ1v) is 6.48. The maximum atomic E-state index is 8.91. The number of rotatable bonds is 3. The zero-order valence-corrected chi connectivity index (χ0v) is 11.8. The van der Waals surface area contributed by atoms with Gasteiger partial charge in [0, 0.05) is 6.54 Å². The van der Waals surface area contributed by atoms with Crippen LogP contribution in [-0.2, 0) is 6.54 Å². The van der Waals surface area contributed by atoms with E-state index in [4.69, 9.17) is 16.9 Å². The third-order valence-electron chi connectivity index (χ3n) is 3.20. The van der Waals surface area contributed by atoms with Crippen LogP contribution in [0.5, 0.6) is 0 Å². The summed E-state index contributed by atoms with van der Waals surface area (Å²) >= 11 is 6.13. The fourth-order valence-corrected chi connectivity index (χ4v) is 2.23. The Hall–Kier alpha value is -1.98. The number of nitrogens with zero attached hydrogens (tertiary/aromatic N) is 1. The Balaban J connectivity index is 2.22. The van der Waals surface area contributed by atoms with E-state index in [0.29, 0.717) is 17.1 Å². The zero-order valence-electron chi connectivity index (χ0n) is 11.0. The molecule has 2 aromatic carbocycles. The summed E-state index contributed by atoms with van der Waals surface area (Å²) in [5.74, 6) is 0. The summed E-state index contributed by atoms with van der Waals surface area (Å²) < 4.78 is 0. The summed E-state index contributed by atoms with van der Waals surface area (Å²) in [6.07, 6.45) is 0. The van der Waals surface area contributed by atoms with Crippen LogP contribution in [0.25, 0.3) is 0 Å². The van der Waals surface area contributed by atoms with Gasteiger partial charge in [0.2, 0.25) is 0 Å². The first-order chi connectivity index (χ1) is 9.11. The van der Waals surface area contributed by atoms with Crippen LogP contribution in [0.4, 0.5) is 5.69 Å². The van der Waals surface area contributed by atoms with Gasteiger partial charge in [-0.25, -0.2) is 0 Å². The average Bonchev–Trinajstić information content (AvgIpc) is 2.40. The predicted octanol–water partition coefficient (Wildman–Crippen LogP) is 4.44. The summed E-state index contributed by atoms with van der Waals surface area (Å²) in [4.78, 5) is 0. The third kappa shape index (κ3) is 3.07. The van der Waals surface area contributed by atoms with Crippen LogP contribution in [0.2, 0.25) is 5.02 Å². The Morgan fingerprint density at radius 3 is 2.47 bits per heavy atom. The monoisotopic (exact) mass is 270 g/mol. The standard InChI is InChI=1S/C16H15ClN2/c1-11-4-3-5-12(2)14(11)10-19-16-8-13(9-18)6-7-15(16)17/h3-8,19H,10H2,1-2H3. The van der Waals surface area contributed by atoms with Crippen molar-refractivity contribution in [1.29, 1.82) is 5.26 Å². The second-order valence-electron chi connectivity index (χ2n) is 4.53. The van der Waals surface area contributed by atoms with Crippen molar-refractivity contribution in [2.24, 2.45) is 0 Å². The van der Waals surface area contributed by atoms with E-state index >= 15 is 0 Å². The molecule has 2 nitrogen and oxygen atoms in total. The molecule has 0 bridgehead atoms. The molecule has 0 heterocycles. The summed E-state index contributed by atoms with van der Waals surface area (Å²) in [7, 11) is 0. The number of nitriles is 1. The summed E-state index contributed by atoms with van der Waals surface area (Å²) in [5, 5.41) is 12.8. The quantitative estimate of drug-likeness (QED) is 0.895. The molecule has 0 aliphatic heterocycles. The Morgan fingerprint density at radius 2 is 1.84 bits per heavy atom. The van der Waals surface area contributed by atoms with Crippen LogP contribution in [0.3, 0.4) is 0 Å². The molecule has 0 saturated heterocycles. The third-order valence-corrected chi connectivity index (χ3v) is 3.53. The van der Waals surface area contributed by atoms with E-state index in [2.05, 4.69) is 43.4 Å². The van der Waals surface area contributed by atoms with Gasteiger partial charge in [-0.2, -0.15) is 5.26 Å². The van der Waals surface area contributed by atoms with E-state index in [-0.39, 0.29) is 0 Å². The van der Waals surface area contributed by atoms with Crippen LogP contribution in [0.1, 0.15) is 22.3 Å². The lowest BCUT2D eigenvalue weighted by atomic mass is 10.0. The summed E-state index contributed by atoms with van der Waals surface area (Å²) in [5.41, 5.74) is 5.16. The highest BCUT2D eigenvalue weighted by Gasteiger charge is 2.05. The van der Waals surface area contributed by atoms with E-state index in [1.165, 1.54) is 16.7 Å². The number of benzene rings is 2. The van der Waals surface area contributed by atoms with Gasteiger partial charge in [0.15, 0.2) is 0 Å². The van der Waals surface area contributed by atoms with Gasteiger partial charge in [0.05, 0.1) is 22.3 Å². The minimum absolute atomic E-state index is 0.605. The van der Waals surface area contributed by atoms with Crippen molar-refractivity contribution in [2.45, 2.75) is 20.4 Å². The lowest BCUT2D eigenvalue weighted by Crippen LogP contribution is -2.04. The van der Waals surface area contributed by atoms with Crippen molar-refractivity contribution in [2.75, 3.05) is 5.32 Å². The van der Waals surface area contributed by atoms with Crippen LogP contribution in [0.15, 0.2) is 36.4 Å². The fourth-order valence-electron chi connectivity index (χ4n) is 2.04. The molecule has 0 amide bonds. The fraction of sp³-hybridized carbons (Fsp3) is 0.188. The number of hydrogen-bond acceptors (Lipinski definition) is 2. The first-order valence-electron chi connectivity index (χ1n) is 6.10. The molecule has 0 atom stereocenters. The molecular formula is C16H15ClN2. The molecule has 1 N–H and O–H groups in total. The maximum absolute atomic E-state index is 8.91. The van der Waals surface area contributed by atoms with Crippen LogP contribution >= 0.6 is 11.6 Å². The van der Waals surface area contributed by atoms with Crippen molar-refractivity contribution in [3.05, 3.63) is 63.7 Å². The highest BCUT2D eigenvalue weighted by atomic mass is 35.5. The number of halogens is 1.